The Hall–Kier alpha value is -2.82. The predicted molar refractivity (Wildman–Crippen MR) is 116 cm³/mol. The van der Waals surface area contributed by atoms with Crippen molar-refractivity contribution in [2.75, 3.05) is 37.8 Å². The Bertz CT molecular complexity index is 1210. The third-order valence-electron chi connectivity index (χ3n) is 5.28. The minimum Gasteiger partial charge on any atom is -0.489 e. The number of ether oxygens (including phenoxy) is 2. The van der Waals surface area contributed by atoms with Crippen LogP contribution >= 0.6 is 11.6 Å². The molecule has 0 bridgehead atoms. The number of rotatable bonds is 6. The van der Waals surface area contributed by atoms with Gasteiger partial charge in [0.2, 0.25) is 5.95 Å². The third kappa shape index (κ3) is 4.06. The maximum atomic E-state index is 12.9. The molecule has 0 saturated carbocycles. The van der Waals surface area contributed by atoms with E-state index in [-0.39, 0.29) is 24.3 Å². The molecule has 10 nitrogen and oxygen atoms in total. The van der Waals surface area contributed by atoms with Crippen molar-refractivity contribution in [3.63, 3.8) is 0 Å². The van der Waals surface area contributed by atoms with Gasteiger partial charge in [-0.3, -0.25) is 13.9 Å². The zero-order valence-corrected chi connectivity index (χ0v) is 18.1. The van der Waals surface area contributed by atoms with Crippen molar-refractivity contribution in [2.24, 2.45) is 14.1 Å². The molecule has 4 rings (SSSR count). The van der Waals surface area contributed by atoms with Crippen molar-refractivity contribution >= 4 is 28.7 Å². The number of nitrogens with zero attached hydrogens (tertiary/aromatic N) is 5. The first-order valence-corrected chi connectivity index (χ1v) is 10.3. The molecule has 0 unspecified atom stereocenters. The summed E-state index contributed by atoms with van der Waals surface area (Å²) in [6.07, 6.45) is -0.949. The molecular formula is C20H24ClN5O5. The largest absolute Gasteiger partial charge is 0.489 e. The van der Waals surface area contributed by atoms with Gasteiger partial charge in [0.1, 0.15) is 18.5 Å². The first-order chi connectivity index (χ1) is 14.9. The highest BCUT2D eigenvalue weighted by Crippen LogP contribution is 2.24. The van der Waals surface area contributed by atoms with Crippen molar-refractivity contribution in [2.45, 2.75) is 12.6 Å². The Morgan fingerprint density at radius 1 is 1.19 bits per heavy atom. The van der Waals surface area contributed by atoms with Gasteiger partial charge in [0, 0.05) is 27.2 Å². The second kappa shape index (κ2) is 8.74. The summed E-state index contributed by atoms with van der Waals surface area (Å²) in [4.78, 5) is 31.9. The number of anilines is 1. The molecule has 1 N–H and O–H groups in total. The highest BCUT2D eigenvalue weighted by atomic mass is 35.5. The van der Waals surface area contributed by atoms with E-state index < -0.39 is 17.4 Å². The average molecular weight is 450 g/mol. The van der Waals surface area contributed by atoms with E-state index in [1.54, 1.807) is 35.9 Å². The number of aryl methyl sites for hydroxylation is 1. The van der Waals surface area contributed by atoms with Crippen molar-refractivity contribution < 1.29 is 14.6 Å². The summed E-state index contributed by atoms with van der Waals surface area (Å²) in [7, 11) is 2.99. The van der Waals surface area contributed by atoms with Crippen LogP contribution in [0.2, 0.25) is 5.02 Å². The van der Waals surface area contributed by atoms with E-state index in [1.165, 1.54) is 11.6 Å². The fraction of sp³-hybridized carbons (Fsp3) is 0.450. The smallest absolute Gasteiger partial charge is 0.332 e. The van der Waals surface area contributed by atoms with Gasteiger partial charge in [0.25, 0.3) is 5.56 Å². The summed E-state index contributed by atoms with van der Waals surface area (Å²) in [5.74, 6) is 0.971. The van der Waals surface area contributed by atoms with Crippen LogP contribution in [0, 0.1) is 0 Å². The Balaban J connectivity index is 1.71. The highest BCUT2D eigenvalue weighted by Gasteiger charge is 2.25. The van der Waals surface area contributed by atoms with Crippen LogP contribution in [-0.2, 0) is 25.4 Å². The first kappa shape index (κ1) is 21.4. The van der Waals surface area contributed by atoms with Gasteiger partial charge >= 0.3 is 5.69 Å². The van der Waals surface area contributed by atoms with Gasteiger partial charge in [0.05, 0.1) is 24.8 Å². The van der Waals surface area contributed by atoms with Gasteiger partial charge in [-0.05, 0) is 12.1 Å². The predicted octanol–water partition coefficient (Wildman–Crippen LogP) is 0.364. The Labute approximate surface area is 182 Å². The van der Waals surface area contributed by atoms with E-state index >= 15 is 0 Å². The van der Waals surface area contributed by atoms with E-state index in [2.05, 4.69) is 4.98 Å². The number of fused-ring (bicyclic) bond motifs is 1. The molecule has 2 aromatic heterocycles. The van der Waals surface area contributed by atoms with E-state index in [4.69, 9.17) is 21.1 Å². The zero-order valence-electron chi connectivity index (χ0n) is 17.3. The molecule has 0 spiro atoms. The lowest BCUT2D eigenvalue weighted by molar-refractivity contribution is 0.0927. The number of aromatic nitrogens is 4. The molecule has 1 atom stereocenters. The molecule has 3 heterocycles. The van der Waals surface area contributed by atoms with Crippen molar-refractivity contribution in [1.29, 1.82) is 0 Å². The van der Waals surface area contributed by atoms with Crippen LogP contribution in [0.25, 0.3) is 11.2 Å². The molecule has 1 aliphatic rings. The molecule has 1 aromatic carbocycles. The van der Waals surface area contributed by atoms with E-state index in [0.717, 1.165) is 4.57 Å². The number of para-hydroxylation sites is 1. The van der Waals surface area contributed by atoms with Crippen LogP contribution in [0.3, 0.4) is 0 Å². The number of hydrogen-bond donors (Lipinski definition) is 1. The van der Waals surface area contributed by atoms with E-state index in [1.807, 2.05) is 4.90 Å². The number of hydrogen-bond acceptors (Lipinski definition) is 7. The molecular weight excluding hydrogens is 426 g/mol. The van der Waals surface area contributed by atoms with E-state index in [9.17, 15) is 14.7 Å². The number of morpholine rings is 1. The molecule has 31 heavy (non-hydrogen) atoms. The minimum atomic E-state index is -0.949. The number of imidazole rings is 1. The molecule has 166 valence electrons. The monoisotopic (exact) mass is 449 g/mol. The molecule has 3 aromatic rings. The number of aliphatic hydroxyl groups excluding tert-OH is 1. The van der Waals surface area contributed by atoms with Crippen molar-refractivity contribution in [3.8, 4) is 5.75 Å². The molecule has 1 aliphatic heterocycles. The molecule has 1 saturated heterocycles. The standard InChI is InChI=1S/C20H24ClN5O5/c1-23-17-16(18(28)24(2)20(23)29)26(19(22-17)25-7-9-30-10-8-25)11-13(27)12-31-15-6-4-3-5-14(15)21/h3-6,13,27H,7-12H2,1-2H3/t13-/m1/s1. The summed E-state index contributed by atoms with van der Waals surface area (Å²) < 4.78 is 15.1. The first-order valence-electron chi connectivity index (χ1n) is 9.92. The Kier molecular flexibility index (Phi) is 6.03. The van der Waals surface area contributed by atoms with Crippen LogP contribution in [0.4, 0.5) is 5.95 Å². The molecule has 0 amide bonds. The van der Waals surface area contributed by atoms with Gasteiger partial charge in [-0.25, -0.2) is 4.79 Å². The average Bonchev–Trinajstić information content (AvgIpc) is 3.15. The quantitative estimate of drug-likeness (QED) is 0.579. The summed E-state index contributed by atoms with van der Waals surface area (Å²) in [6.45, 7) is 2.25. The summed E-state index contributed by atoms with van der Waals surface area (Å²) in [5, 5.41) is 11.1. The maximum absolute atomic E-state index is 12.9. The Morgan fingerprint density at radius 2 is 1.90 bits per heavy atom. The van der Waals surface area contributed by atoms with Crippen LogP contribution in [0.5, 0.6) is 5.75 Å². The van der Waals surface area contributed by atoms with Crippen molar-refractivity contribution in [1.82, 2.24) is 18.7 Å². The normalized spacial score (nSPS) is 15.4. The van der Waals surface area contributed by atoms with Crippen molar-refractivity contribution in [3.05, 3.63) is 50.1 Å². The van der Waals surface area contributed by atoms with Crippen LogP contribution in [0.1, 0.15) is 0 Å². The summed E-state index contributed by atoms with van der Waals surface area (Å²) in [6, 6.07) is 7.00. The second-order valence-electron chi connectivity index (χ2n) is 7.40. The summed E-state index contributed by atoms with van der Waals surface area (Å²) in [5.41, 5.74) is -0.403. The SMILES string of the molecule is Cn1c(=O)c2c(nc(N3CCOCC3)n2C[C@@H](O)COc2ccccc2Cl)n(C)c1=O. The van der Waals surface area contributed by atoms with Gasteiger partial charge in [-0.1, -0.05) is 23.7 Å². The summed E-state index contributed by atoms with van der Waals surface area (Å²) >= 11 is 6.11. The lowest BCUT2D eigenvalue weighted by Crippen LogP contribution is -2.39. The van der Waals surface area contributed by atoms with Crippen LogP contribution in [-0.4, -0.2) is 62.8 Å². The fourth-order valence-electron chi connectivity index (χ4n) is 3.62. The van der Waals surface area contributed by atoms with Gasteiger partial charge in [0.15, 0.2) is 11.2 Å². The third-order valence-corrected chi connectivity index (χ3v) is 5.60. The highest BCUT2D eigenvalue weighted by molar-refractivity contribution is 6.32. The zero-order chi connectivity index (χ0) is 22.1. The second-order valence-corrected chi connectivity index (χ2v) is 7.80. The lowest BCUT2D eigenvalue weighted by Gasteiger charge is -2.28. The number of halogens is 1. The van der Waals surface area contributed by atoms with Crippen LogP contribution < -0.4 is 20.9 Å². The number of benzene rings is 1. The maximum Gasteiger partial charge on any atom is 0.332 e. The molecule has 0 aliphatic carbocycles. The van der Waals surface area contributed by atoms with Crippen LogP contribution in [0.15, 0.2) is 33.9 Å². The lowest BCUT2D eigenvalue weighted by atomic mass is 10.3. The fourth-order valence-corrected chi connectivity index (χ4v) is 3.81. The van der Waals surface area contributed by atoms with Gasteiger partial charge in [-0.2, -0.15) is 4.98 Å². The topological polar surface area (TPSA) is 104 Å². The molecule has 11 heteroatoms. The molecule has 1 fully saturated rings. The van der Waals surface area contributed by atoms with Gasteiger partial charge in [-0.15, -0.1) is 0 Å². The molecule has 0 radical (unpaired) electrons. The number of aliphatic hydroxyl groups is 1. The van der Waals surface area contributed by atoms with E-state index in [0.29, 0.717) is 43.0 Å². The Morgan fingerprint density at radius 3 is 2.61 bits per heavy atom. The van der Waals surface area contributed by atoms with Gasteiger partial charge < -0.3 is 24.0 Å². The minimum absolute atomic E-state index is 0.0297.